The maximum absolute atomic E-state index is 12.5. The number of fused-ring (bicyclic) bond motifs is 1. The third-order valence-electron chi connectivity index (χ3n) is 3.97. The molecule has 7 heteroatoms. The van der Waals surface area contributed by atoms with Crippen molar-refractivity contribution >= 4 is 29.1 Å². The second-order valence-corrected chi connectivity index (χ2v) is 7.45. The lowest BCUT2D eigenvalue weighted by Crippen LogP contribution is -2.38. The smallest absolute Gasteiger partial charge is 0.272 e. The van der Waals surface area contributed by atoms with Crippen LogP contribution in [-0.4, -0.2) is 32.9 Å². The van der Waals surface area contributed by atoms with Crippen LogP contribution in [0.3, 0.4) is 0 Å². The number of amides is 1. The molecular weight excluding hydrogens is 349 g/mol. The number of hydrogen-bond acceptors (Lipinski definition) is 3. The molecule has 0 unspecified atom stereocenters. The number of carbonyl (C=O) groups is 1. The number of aliphatic hydroxyl groups is 1. The average molecular weight is 368 g/mol. The van der Waals surface area contributed by atoms with Gasteiger partial charge in [0.05, 0.1) is 21.3 Å². The molecule has 0 saturated carbocycles. The summed E-state index contributed by atoms with van der Waals surface area (Å²) in [6.45, 7) is 3.46. The monoisotopic (exact) mass is 367 g/mol. The predicted octanol–water partition coefficient (Wildman–Crippen LogP) is 3.17. The Morgan fingerprint density at radius 1 is 1.33 bits per heavy atom. The Morgan fingerprint density at radius 2 is 2.08 bits per heavy atom. The van der Waals surface area contributed by atoms with E-state index in [2.05, 4.69) is 10.4 Å². The number of nitrogens with zero attached hydrogens (tertiary/aromatic N) is 2. The maximum Gasteiger partial charge on any atom is 0.272 e. The number of hydrogen-bond donors (Lipinski definition) is 2. The lowest BCUT2D eigenvalue weighted by molar-refractivity contribution is 0.0691. The number of carbonyl (C=O) groups excluding carboxylic acids is 1. The Labute approximate surface area is 150 Å². The lowest BCUT2D eigenvalue weighted by Gasteiger charge is -2.17. The number of benzene rings is 1. The van der Waals surface area contributed by atoms with Crippen LogP contribution in [0.15, 0.2) is 18.2 Å². The van der Waals surface area contributed by atoms with Gasteiger partial charge in [0.1, 0.15) is 0 Å². The highest BCUT2D eigenvalue weighted by Crippen LogP contribution is 2.30. The number of aromatic nitrogens is 2. The van der Waals surface area contributed by atoms with Crippen molar-refractivity contribution in [2.24, 2.45) is 0 Å². The zero-order chi connectivity index (χ0) is 17.5. The van der Waals surface area contributed by atoms with Crippen LogP contribution in [0.2, 0.25) is 10.0 Å². The van der Waals surface area contributed by atoms with Gasteiger partial charge in [0.15, 0.2) is 5.69 Å². The van der Waals surface area contributed by atoms with E-state index in [4.69, 9.17) is 23.2 Å². The van der Waals surface area contributed by atoms with Gasteiger partial charge < -0.3 is 10.4 Å². The Morgan fingerprint density at radius 3 is 2.75 bits per heavy atom. The van der Waals surface area contributed by atoms with Crippen LogP contribution in [-0.2, 0) is 12.8 Å². The minimum absolute atomic E-state index is 0.167. The zero-order valence-electron chi connectivity index (χ0n) is 13.6. The van der Waals surface area contributed by atoms with Gasteiger partial charge in [0.2, 0.25) is 0 Å². The first-order chi connectivity index (χ1) is 11.3. The Hall–Kier alpha value is -1.56. The largest absolute Gasteiger partial charge is 0.389 e. The number of halogens is 2. The van der Waals surface area contributed by atoms with Crippen LogP contribution in [0.25, 0.3) is 5.69 Å². The first kappa shape index (κ1) is 17.3. The van der Waals surface area contributed by atoms with Crippen molar-refractivity contribution < 1.29 is 9.90 Å². The third kappa shape index (κ3) is 3.43. The van der Waals surface area contributed by atoms with Crippen LogP contribution in [0, 0.1) is 0 Å². The number of rotatable bonds is 4. The molecule has 2 aromatic rings. The fourth-order valence-electron chi connectivity index (χ4n) is 2.83. The van der Waals surface area contributed by atoms with Crippen molar-refractivity contribution in [3.63, 3.8) is 0 Å². The molecule has 5 nitrogen and oxygen atoms in total. The predicted molar refractivity (Wildman–Crippen MR) is 94.2 cm³/mol. The summed E-state index contributed by atoms with van der Waals surface area (Å²) in [5.74, 6) is -0.269. The molecule has 1 amide bonds. The van der Waals surface area contributed by atoms with Gasteiger partial charge in [0, 0.05) is 17.8 Å². The summed E-state index contributed by atoms with van der Waals surface area (Å²) < 4.78 is 1.77. The summed E-state index contributed by atoms with van der Waals surface area (Å²) >= 11 is 12.1. The van der Waals surface area contributed by atoms with Crippen LogP contribution in [0.1, 0.15) is 42.0 Å². The molecule has 1 aromatic heterocycles. The SMILES string of the molecule is CC(C)(O)CNC(=O)c1nn(-c2ccc(Cl)c(Cl)c2)c2c1CCC2. The van der Waals surface area contributed by atoms with Gasteiger partial charge in [-0.25, -0.2) is 4.68 Å². The molecule has 1 heterocycles. The molecule has 0 fully saturated rings. The highest BCUT2D eigenvalue weighted by Gasteiger charge is 2.27. The summed E-state index contributed by atoms with van der Waals surface area (Å²) in [4.78, 5) is 12.5. The van der Waals surface area contributed by atoms with Crippen molar-refractivity contribution in [2.75, 3.05) is 6.54 Å². The standard InChI is InChI=1S/C17H19Cl2N3O2/c1-17(2,24)9-20-16(23)15-11-4-3-5-14(11)22(21-15)10-6-7-12(18)13(19)8-10/h6-8,24H,3-5,9H2,1-2H3,(H,20,23). The van der Waals surface area contributed by atoms with E-state index in [1.54, 1.807) is 30.7 Å². The fourth-order valence-corrected chi connectivity index (χ4v) is 3.12. The van der Waals surface area contributed by atoms with Gasteiger partial charge in [0.25, 0.3) is 5.91 Å². The van der Waals surface area contributed by atoms with Gasteiger partial charge in [-0.2, -0.15) is 5.10 Å². The van der Waals surface area contributed by atoms with Crippen molar-refractivity contribution in [1.29, 1.82) is 0 Å². The summed E-state index contributed by atoms with van der Waals surface area (Å²) in [6, 6.07) is 5.29. The first-order valence-electron chi connectivity index (χ1n) is 7.83. The highest BCUT2D eigenvalue weighted by molar-refractivity contribution is 6.42. The van der Waals surface area contributed by atoms with E-state index >= 15 is 0 Å². The van der Waals surface area contributed by atoms with Crippen molar-refractivity contribution in [3.8, 4) is 5.69 Å². The molecule has 1 aliphatic carbocycles. The van der Waals surface area contributed by atoms with Crippen LogP contribution >= 0.6 is 23.2 Å². The molecule has 24 heavy (non-hydrogen) atoms. The van der Waals surface area contributed by atoms with E-state index in [0.717, 1.165) is 36.2 Å². The maximum atomic E-state index is 12.5. The van der Waals surface area contributed by atoms with E-state index in [1.807, 2.05) is 6.07 Å². The molecular formula is C17H19Cl2N3O2. The summed E-state index contributed by atoms with van der Waals surface area (Å²) in [5, 5.41) is 17.9. The van der Waals surface area contributed by atoms with E-state index in [0.29, 0.717) is 15.7 Å². The first-order valence-corrected chi connectivity index (χ1v) is 8.58. The van der Waals surface area contributed by atoms with E-state index < -0.39 is 5.60 Å². The molecule has 3 rings (SSSR count). The summed E-state index contributed by atoms with van der Waals surface area (Å²) in [7, 11) is 0. The summed E-state index contributed by atoms with van der Waals surface area (Å²) in [6.07, 6.45) is 2.67. The average Bonchev–Trinajstić information content (AvgIpc) is 3.09. The van der Waals surface area contributed by atoms with Crippen LogP contribution in [0.4, 0.5) is 0 Å². The molecule has 128 valence electrons. The van der Waals surface area contributed by atoms with Crippen LogP contribution in [0.5, 0.6) is 0 Å². The Kier molecular flexibility index (Phi) is 4.60. The summed E-state index contributed by atoms with van der Waals surface area (Å²) in [5.41, 5.74) is 2.23. The Bertz CT molecular complexity index is 794. The molecule has 2 N–H and O–H groups in total. The van der Waals surface area contributed by atoms with Crippen molar-refractivity contribution in [1.82, 2.24) is 15.1 Å². The molecule has 1 aliphatic rings. The lowest BCUT2D eigenvalue weighted by atomic mass is 10.1. The van der Waals surface area contributed by atoms with Gasteiger partial charge in [-0.1, -0.05) is 23.2 Å². The highest BCUT2D eigenvalue weighted by atomic mass is 35.5. The van der Waals surface area contributed by atoms with Gasteiger partial charge in [-0.05, 0) is 51.3 Å². The number of nitrogens with one attached hydrogen (secondary N) is 1. The zero-order valence-corrected chi connectivity index (χ0v) is 15.1. The van der Waals surface area contributed by atoms with Gasteiger partial charge in [-0.3, -0.25) is 4.79 Å². The third-order valence-corrected chi connectivity index (χ3v) is 4.71. The minimum atomic E-state index is -0.967. The molecule has 0 bridgehead atoms. The Balaban J connectivity index is 1.95. The van der Waals surface area contributed by atoms with Crippen molar-refractivity contribution in [2.45, 2.75) is 38.7 Å². The van der Waals surface area contributed by atoms with Crippen molar-refractivity contribution in [3.05, 3.63) is 45.2 Å². The van der Waals surface area contributed by atoms with Gasteiger partial charge in [-0.15, -0.1) is 0 Å². The second kappa shape index (κ2) is 6.39. The second-order valence-electron chi connectivity index (χ2n) is 6.63. The van der Waals surface area contributed by atoms with Gasteiger partial charge >= 0.3 is 0 Å². The van der Waals surface area contributed by atoms with E-state index in [1.165, 1.54) is 0 Å². The molecule has 0 radical (unpaired) electrons. The molecule has 0 aliphatic heterocycles. The van der Waals surface area contributed by atoms with E-state index in [-0.39, 0.29) is 12.5 Å². The quantitative estimate of drug-likeness (QED) is 0.871. The molecule has 0 saturated heterocycles. The molecule has 1 aromatic carbocycles. The van der Waals surface area contributed by atoms with E-state index in [9.17, 15) is 9.90 Å². The molecule has 0 spiro atoms. The molecule has 0 atom stereocenters. The van der Waals surface area contributed by atoms with Crippen LogP contribution < -0.4 is 5.32 Å². The minimum Gasteiger partial charge on any atom is -0.389 e. The topological polar surface area (TPSA) is 67.2 Å². The fraction of sp³-hybridized carbons (Fsp3) is 0.412. The normalized spacial score (nSPS) is 13.9.